The van der Waals surface area contributed by atoms with E-state index in [0.717, 1.165) is 31.7 Å². The van der Waals surface area contributed by atoms with Crippen molar-refractivity contribution in [3.8, 4) is 6.07 Å². The highest BCUT2D eigenvalue weighted by Crippen LogP contribution is 2.45. The molecule has 1 N–H and O–H groups in total. The Labute approximate surface area is 154 Å². The Kier molecular flexibility index (Phi) is 5.38. The van der Waals surface area contributed by atoms with Gasteiger partial charge in [0.2, 0.25) is 5.91 Å². The number of amides is 1. The summed E-state index contributed by atoms with van der Waals surface area (Å²) < 4.78 is 2.13. The first-order valence-corrected chi connectivity index (χ1v) is 10.8. The molecular formula is C17H19N3OS3. The summed E-state index contributed by atoms with van der Waals surface area (Å²) in [6.45, 7) is 4.42. The molecule has 0 spiro atoms. The van der Waals surface area contributed by atoms with E-state index in [2.05, 4.69) is 30.2 Å². The molecule has 0 unspecified atom stereocenters. The van der Waals surface area contributed by atoms with Gasteiger partial charge in [-0.2, -0.15) is 17.0 Å². The van der Waals surface area contributed by atoms with Crippen LogP contribution in [0.4, 0.5) is 5.69 Å². The van der Waals surface area contributed by atoms with E-state index >= 15 is 0 Å². The molecule has 0 saturated heterocycles. The second kappa shape index (κ2) is 7.34. The number of nitrogens with one attached hydrogen (secondary N) is 1. The Bertz CT molecular complexity index is 790. The number of fused-ring (bicyclic) bond motifs is 1. The average molecular weight is 378 g/mol. The van der Waals surface area contributed by atoms with Gasteiger partial charge in [0.15, 0.2) is 4.34 Å². The van der Waals surface area contributed by atoms with Crippen molar-refractivity contribution in [2.24, 2.45) is 5.41 Å². The molecule has 1 aromatic carbocycles. The van der Waals surface area contributed by atoms with Gasteiger partial charge < -0.3 is 5.32 Å². The zero-order valence-electron chi connectivity index (χ0n) is 13.7. The van der Waals surface area contributed by atoms with Crippen molar-refractivity contribution in [2.75, 3.05) is 16.8 Å². The normalized spacial score (nSPS) is 15.4. The Morgan fingerprint density at radius 1 is 1.46 bits per heavy atom. The molecule has 1 saturated carbocycles. The maximum atomic E-state index is 12.1. The molecule has 2 aromatic rings. The molecule has 24 heavy (non-hydrogen) atoms. The van der Waals surface area contributed by atoms with Gasteiger partial charge in [-0.3, -0.25) is 4.79 Å². The third-order valence-corrected chi connectivity index (χ3v) is 7.31. The molecule has 3 rings (SSSR count). The zero-order valence-corrected chi connectivity index (χ0v) is 16.1. The number of hydrogen-bond acceptors (Lipinski definition) is 6. The van der Waals surface area contributed by atoms with Crippen LogP contribution in [0.25, 0.3) is 10.2 Å². The number of anilines is 1. The van der Waals surface area contributed by atoms with Crippen molar-refractivity contribution < 1.29 is 4.79 Å². The van der Waals surface area contributed by atoms with Crippen molar-refractivity contribution in [3.05, 3.63) is 18.2 Å². The Morgan fingerprint density at radius 3 is 2.92 bits per heavy atom. The quantitative estimate of drug-likeness (QED) is 0.556. The third kappa shape index (κ3) is 4.05. The minimum Gasteiger partial charge on any atom is -0.325 e. The van der Waals surface area contributed by atoms with Crippen molar-refractivity contribution in [2.45, 2.75) is 36.3 Å². The fourth-order valence-corrected chi connectivity index (χ4v) is 5.24. The molecule has 1 aliphatic carbocycles. The summed E-state index contributed by atoms with van der Waals surface area (Å²) in [6.07, 6.45) is 1.32. The Hall–Kier alpha value is -1.23. The molecule has 1 amide bonds. The standard InChI is InChI=1S/C17H19N3OS3/c1-11(2)22-7-8-23-16-20-13-4-3-12(9-14(13)24-16)19-15(21)17(10-18)5-6-17/h3-4,9,11H,5-8H2,1-2H3,(H,19,21). The molecule has 1 aliphatic rings. The van der Waals surface area contributed by atoms with Crippen molar-refractivity contribution in [1.82, 2.24) is 4.98 Å². The van der Waals surface area contributed by atoms with Gasteiger partial charge in [0.1, 0.15) is 5.41 Å². The smallest absolute Gasteiger partial charge is 0.244 e. The summed E-state index contributed by atoms with van der Waals surface area (Å²) in [4.78, 5) is 16.8. The van der Waals surface area contributed by atoms with Crippen LogP contribution in [0.15, 0.2) is 22.5 Å². The van der Waals surface area contributed by atoms with Gasteiger partial charge >= 0.3 is 0 Å². The summed E-state index contributed by atoms with van der Waals surface area (Å²) in [6, 6.07) is 7.86. The predicted octanol–water partition coefficient (Wildman–Crippen LogP) is 4.77. The summed E-state index contributed by atoms with van der Waals surface area (Å²) >= 11 is 5.39. The minimum absolute atomic E-state index is 0.186. The van der Waals surface area contributed by atoms with Crippen LogP contribution in [0.2, 0.25) is 0 Å². The van der Waals surface area contributed by atoms with Crippen LogP contribution in [0.3, 0.4) is 0 Å². The second-order valence-electron chi connectivity index (χ2n) is 6.08. The number of thioether (sulfide) groups is 2. The lowest BCUT2D eigenvalue weighted by molar-refractivity contribution is -0.119. The van der Waals surface area contributed by atoms with Gasteiger partial charge in [0.25, 0.3) is 0 Å². The molecule has 1 aromatic heterocycles. The number of carbonyl (C=O) groups is 1. The zero-order chi connectivity index (χ0) is 17.2. The number of nitrogens with zero attached hydrogens (tertiary/aromatic N) is 2. The summed E-state index contributed by atoms with van der Waals surface area (Å²) in [5.74, 6) is 1.99. The minimum atomic E-state index is -0.794. The topological polar surface area (TPSA) is 65.8 Å². The molecular weight excluding hydrogens is 358 g/mol. The number of hydrogen-bond donors (Lipinski definition) is 1. The Balaban J connectivity index is 1.63. The maximum absolute atomic E-state index is 12.1. The number of carbonyl (C=O) groups excluding carboxylic acids is 1. The largest absolute Gasteiger partial charge is 0.325 e. The molecule has 0 atom stereocenters. The van der Waals surface area contributed by atoms with Gasteiger partial charge in [-0.1, -0.05) is 25.6 Å². The van der Waals surface area contributed by atoms with Crippen LogP contribution < -0.4 is 5.32 Å². The van der Waals surface area contributed by atoms with E-state index in [-0.39, 0.29) is 5.91 Å². The summed E-state index contributed by atoms with van der Waals surface area (Å²) in [5.41, 5.74) is 0.903. The van der Waals surface area contributed by atoms with Gasteiger partial charge in [0.05, 0.1) is 16.3 Å². The van der Waals surface area contributed by atoms with Gasteiger partial charge in [-0.15, -0.1) is 11.3 Å². The van der Waals surface area contributed by atoms with E-state index in [0.29, 0.717) is 18.1 Å². The van der Waals surface area contributed by atoms with Crippen LogP contribution in [-0.4, -0.2) is 27.6 Å². The van der Waals surface area contributed by atoms with Gasteiger partial charge in [-0.25, -0.2) is 4.98 Å². The first-order valence-electron chi connectivity index (χ1n) is 7.90. The van der Waals surface area contributed by atoms with Crippen LogP contribution in [-0.2, 0) is 4.79 Å². The van der Waals surface area contributed by atoms with Crippen molar-refractivity contribution in [1.29, 1.82) is 5.26 Å². The van der Waals surface area contributed by atoms with E-state index in [1.165, 1.54) is 0 Å². The fraction of sp³-hybridized carbons (Fsp3) is 0.471. The number of thiazole rings is 1. The van der Waals surface area contributed by atoms with E-state index < -0.39 is 5.41 Å². The first-order chi connectivity index (χ1) is 11.5. The van der Waals surface area contributed by atoms with Crippen molar-refractivity contribution in [3.63, 3.8) is 0 Å². The van der Waals surface area contributed by atoms with Crippen LogP contribution in [0.1, 0.15) is 26.7 Å². The highest BCUT2D eigenvalue weighted by Gasteiger charge is 2.50. The van der Waals surface area contributed by atoms with Gasteiger partial charge in [0, 0.05) is 17.2 Å². The van der Waals surface area contributed by atoms with E-state index in [4.69, 9.17) is 5.26 Å². The molecule has 0 aliphatic heterocycles. The van der Waals surface area contributed by atoms with E-state index in [1.807, 2.05) is 30.0 Å². The van der Waals surface area contributed by atoms with Crippen LogP contribution in [0, 0.1) is 16.7 Å². The molecule has 0 radical (unpaired) electrons. The molecule has 4 nitrogen and oxygen atoms in total. The summed E-state index contributed by atoms with van der Waals surface area (Å²) in [5, 5.41) is 12.6. The lowest BCUT2D eigenvalue weighted by Crippen LogP contribution is -2.22. The highest BCUT2D eigenvalue weighted by atomic mass is 32.2. The van der Waals surface area contributed by atoms with Crippen molar-refractivity contribution >= 4 is 56.7 Å². The first kappa shape index (κ1) is 17.6. The van der Waals surface area contributed by atoms with Crippen LogP contribution >= 0.6 is 34.9 Å². The Morgan fingerprint density at radius 2 is 2.25 bits per heavy atom. The maximum Gasteiger partial charge on any atom is 0.244 e. The number of aromatic nitrogens is 1. The average Bonchev–Trinajstić information content (AvgIpc) is 3.25. The second-order valence-corrected chi connectivity index (χ2v) is 10.1. The molecule has 0 bridgehead atoms. The number of nitriles is 1. The molecule has 126 valence electrons. The number of benzene rings is 1. The summed E-state index contributed by atoms with van der Waals surface area (Å²) in [7, 11) is 0. The SMILES string of the molecule is CC(C)SCCSc1nc2ccc(NC(=O)C3(C#N)CC3)cc2s1. The fourth-order valence-electron chi connectivity index (χ4n) is 2.22. The lowest BCUT2D eigenvalue weighted by atomic mass is 10.1. The predicted molar refractivity (Wildman–Crippen MR) is 104 cm³/mol. The van der Waals surface area contributed by atoms with E-state index in [9.17, 15) is 4.79 Å². The monoisotopic (exact) mass is 377 g/mol. The lowest BCUT2D eigenvalue weighted by Gasteiger charge is -2.07. The number of rotatable bonds is 7. The molecule has 1 heterocycles. The third-order valence-electron chi connectivity index (χ3n) is 3.79. The van der Waals surface area contributed by atoms with E-state index in [1.54, 1.807) is 23.1 Å². The van der Waals surface area contributed by atoms with Crippen LogP contribution in [0.5, 0.6) is 0 Å². The molecule has 7 heteroatoms. The molecule has 1 fully saturated rings. The highest BCUT2D eigenvalue weighted by molar-refractivity contribution is 8.04. The van der Waals surface area contributed by atoms with Gasteiger partial charge in [-0.05, 0) is 36.3 Å².